The van der Waals surface area contributed by atoms with E-state index < -0.39 is 12.0 Å². The van der Waals surface area contributed by atoms with Crippen LogP contribution in [-0.2, 0) is 11.2 Å². The topological polar surface area (TPSA) is 143 Å². The molecule has 0 aliphatic carbocycles. The average Bonchev–Trinajstić information content (AvgIpc) is 2.73. The SMILES string of the molecule is CC(=O)NCCc1ccc(OCC(O)CNCCOc2ccc(O)c(C(N)=O)c2)cc1. The van der Waals surface area contributed by atoms with E-state index in [1.54, 1.807) is 0 Å². The third-order valence-corrected chi connectivity index (χ3v) is 4.31. The van der Waals surface area contributed by atoms with Gasteiger partial charge in [0, 0.05) is 26.6 Å². The summed E-state index contributed by atoms with van der Waals surface area (Å²) in [4.78, 5) is 22.1. The van der Waals surface area contributed by atoms with Gasteiger partial charge >= 0.3 is 0 Å². The number of ether oxygens (including phenoxy) is 2. The van der Waals surface area contributed by atoms with Crippen molar-refractivity contribution < 1.29 is 29.3 Å². The standard InChI is InChI=1S/C22H29N3O6/c1-15(26)25-9-8-16-2-4-18(5-3-16)31-14-17(27)13-24-10-11-30-19-6-7-21(28)20(12-19)22(23)29/h2-7,12,17,24,27-28H,8-11,13-14H2,1H3,(H2,23,29)(H,25,26). The Morgan fingerprint density at radius 1 is 1.06 bits per heavy atom. The Labute approximate surface area is 181 Å². The lowest BCUT2D eigenvalue weighted by Gasteiger charge is -2.14. The van der Waals surface area contributed by atoms with Crippen molar-refractivity contribution in [2.75, 3.05) is 32.8 Å². The molecule has 0 aliphatic heterocycles. The monoisotopic (exact) mass is 431 g/mol. The molecular formula is C22H29N3O6. The van der Waals surface area contributed by atoms with Crippen LogP contribution in [0.1, 0.15) is 22.8 Å². The second kappa shape index (κ2) is 12.4. The summed E-state index contributed by atoms with van der Waals surface area (Å²) >= 11 is 0. The second-order valence-corrected chi connectivity index (χ2v) is 6.94. The van der Waals surface area contributed by atoms with Gasteiger partial charge in [0.15, 0.2) is 0 Å². The van der Waals surface area contributed by atoms with Crippen LogP contribution >= 0.6 is 0 Å². The van der Waals surface area contributed by atoms with Crippen LogP contribution in [0.15, 0.2) is 42.5 Å². The van der Waals surface area contributed by atoms with E-state index in [1.807, 2.05) is 24.3 Å². The Kier molecular flexibility index (Phi) is 9.60. The molecule has 0 saturated heterocycles. The van der Waals surface area contributed by atoms with Gasteiger partial charge in [-0.05, 0) is 42.3 Å². The minimum absolute atomic E-state index is 0.00112. The van der Waals surface area contributed by atoms with Crippen LogP contribution in [0.5, 0.6) is 17.2 Å². The second-order valence-electron chi connectivity index (χ2n) is 6.94. The summed E-state index contributed by atoms with van der Waals surface area (Å²) < 4.78 is 11.1. The molecule has 0 aliphatic rings. The van der Waals surface area contributed by atoms with E-state index in [1.165, 1.54) is 25.1 Å². The third kappa shape index (κ3) is 8.93. The number of nitrogens with one attached hydrogen (secondary N) is 2. The van der Waals surface area contributed by atoms with Crippen molar-refractivity contribution in [3.8, 4) is 17.2 Å². The predicted octanol–water partition coefficient (Wildman–Crippen LogP) is 0.578. The predicted molar refractivity (Wildman–Crippen MR) is 115 cm³/mol. The zero-order valence-corrected chi connectivity index (χ0v) is 17.5. The van der Waals surface area contributed by atoms with Gasteiger partial charge in [0.1, 0.15) is 36.6 Å². The molecule has 0 bridgehead atoms. The number of aliphatic hydroxyl groups excluding tert-OH is 1. The molecule has 0 saturated carbocycles. The number of carbonyl (C=O) groups is 2. The largest absolute Gasteiger partial charge is 0.507 e. The van der Waals surface area contributed by atoms with Crippen LogP contribution in [0.2, 0.25) is 0 Å². The number of hydrogen-bond acceptors (Lipinski definition) is 7. The Bertz CT molecular complexity index is 857. The lowest BCUT2D eigenvalue weighted by Crippen LogP contribution is -2.33. The molecule has 31 heavy (non-hydrogen) atoms. The molecule has 2 amide bonds. The van der Waals surface area contributed by atoms with E-state index in [2.05, 4.69) is 10.6 Å². The van der Waals surface area contributed by atoms with Crippen molar-refractivity contribution in [3.63, 3.8) is 0 Å². The lowest BCUT2D eigenvalue weighted by atomic mass is 10.1. The molecule has 6 N–H and O–H groups in total. The van der Waals surface area contributed by atoms with Crippen molar-refractivity contribution in [1.29, 1.82) is 0 Å². The maximum Gasteiger partial charge on any atom is 0.252 e. The van der Waals surface area contributed by atoms with Gasteiger partial charge in [0.05, 0.1) is 5.56 Å². The highest BCUT2D eigenvalue weighted by molar-refractivity contribution is 5.95. The number of rotatable bonds is 13. The van der Waals surface area contributed by atoms with E-state index in [4.69, 9.17) is 15.2 Å². The molecule has 9 heteroatoms. The van der Waals surface area contributed by atoms with E-state index in [9.17, 15) is 19.8 Å². The first-order valence-corrected chi connectivity index (χ1v) is 9.95. The number of aromatic hydroxyl groups is 1. The third-order valence-electron chi connectivity index (χ3n) is 4.31. The first-order chi connectivity index (χ1) is 14.8. The minimum Gasteiger partial charge on any atom is -0.507 e. The number of primary amides is 1. The molecule has 0 fully saturated rings. The number of nitrogens with two attached hydrogens (primary N) is 1. The molecule has 0 aromatic heterocycles. The number of aliphatic hydroxyl groups is 1. The van der Waals surface area contributed by atoms with Gasteiger partial charge in [-0.1, -0.05) is 12.1 Å². The molecule has 0 heterocycles. The maximum absolute atomic E-state index is 11.2. The Hall–Kier alpha value is -3.30. The molecule has 0 spiro atoms. The first kappa shape index (κ1) is 24.0. The normalized spacial score (nSPS) is 11.5. The highest BCUT2D eigenvalue weighted by atomic mass is 16.5. The van der Waals surface area contributed by atoms with Crippen LogP contribution in [0.25, 0.3) is 0 Å². The number of phenols is 1. The van der Waals surface area contributed by atoms with Gasteiger partial charge in [-0.25, -0.2) is 0 Å². The molecule has 0 radical (unpaired) electrons. The summed E-state index contributed by atoms with van der Waals surface area (Å²) in [6.45, 7) is 3.30. The summed E-state index contributed by atoms with van der Waals surface area (Å²) in [7, 11) is 0. The van der Waals surface area contributed by atoms with Crippen LogP contribution < -0.4 is 25.8 Å². The van der Waals surface area contributed by atoms with E-state index >= 15 is 0 Å². The minimum atomic E-state index is -0.733. The number of carbonyl (C=O) groups excluding carboxylic acids is 2. The van der Waals surface area contributed by atoms with Gasteiger partial charge in [-0.15, -0.1) is 0 Å². The van der Waals surface area contributed by atoms with E-state index in [-0.39, 0.29) is 23.8 Å². The van der Waals surface area contributed by atoms with Crippen LogP contribution in [0.3, 0.4) is 0 Å². The molecule has 2 rings (SSSR count). The Balaban J connectivity index is 1.61. The highest BCUT2D eigenvalue weighted by Gasteiger charge is 2.09. The molecule has 9 nitrogen and oxygen atoms in total. The van der Waals surface area contributed by atoms with Crippen molar-refractivity contribution in [3.05, 3.63) is 53.6 Å². The van der Waals surface area contributed by atoms with Gasteiger partial charge in [0.2, 0.25) is 5.91 Å². The molecule has 1 atom stereocenters. The van der Waals surface area contributed by atoms with Gasteiger partial charge in [-0.3, -0.25) is 9.59 Å². The maximum atomic E-state index is 11.2. The molecular weight excluding hydrogens is 402 g/mol. The molecule has 168 valence electrons. The number of benzene rings is 2. The molecule has 2 aromatic carbocycles. The summed E-state index contributed by atoms with van der Waals surface area (Å²) in [5, 5.41) is 25.4. The fraction of sp³-hybridized carbons (Fsp3) is 0.364. The van der Waals surface area contributed by atoms with Crippen molar-refractivity contribution in [2.45, 2.75) is 19.4 Å². The summed E-state index contributed by atoms with van der Waals surface area (Å²) in [5.41, 5.74) is 6.26. The quantitative estimate of drug-likeness (QED) is 0.292. The zero-order chi connectivity index (χ0) is 22.6. The first-order valence-electron chi connectivity index (χ1n) is 9.95. The van der Waals surface area contributed by atoms with Crippen molar-refractivity contribution in [1.82, 2.24) is 10.6 Å². The smallest absolute Gasteiger partial charge is 0.252 e. The van der Waals surface area contributed by atoms with Crippen LogP contribution in [0.4, 0.5) is 0 Å². The highest BCUT2D eigenvalue weighted by Crippen LogP contribution is 2.22. The molecule has 2 aromatic rings. The summed E-state index contributed by atoms with van der Waals surface area (Å²) in [6, 6.07) is 11.8. The zero-order valence-electron chi connectivity index (χ0n) is 17.5. The fourth-order valence-electron chi connectivity index (χ4n) is 2.70. The Morgan fingerprint density at radius 2 is 1.77 bits per heavy atom. The van der Waals surface area contributed by atoms with Crippen molar-refractivity contribution in [2.24, 2.45) is 5.73 Å². The van der Waals surface area contributed by atoms with E-state index in [0.717, 1.165) is 12.0 Å². The van der Waals surface area contributed by atoms with Gasteiger partial charge in [0.25, 0.3) is 5.91 Å². The summed E-state index contributed by atoms with van der Waals surface area (Å²) in [5.74, 6) is 0.0947. The van der Waals surface area contributed by atoms with Gasteiger partial charge < -0.3 is 36.1 Å². The molecule has 1 unspecified atom stereocenters. The van der Waals surface area contributed by atoms with Crippen LogP contribution in [-0.4, -0.2) is 61.0 Å². The summed E-state index contributed by atoms with van der Waals surface area (Å²) in [6.07, 6.45) is 0.0391. The van der Waals surface area contributed by atoms with E-state index in [0.29, 0.717) is 37.7 Å². The number of hydrogen-bond donors (Lipinski definition) is 5. The van der Waals surface area contributed by atoms with Gasteiger partial charge in [-0.2, -0.15) is 0 Å². The van der Waals surface area contributed by atoms with Crippen LogP contribution in [0, 0.1) is 0 Å². The van der Waals surface area contributed by atoms with Crippen molar-refractivity contribution >= 4 is 11.8 Å². The number of amides is 2. The lowest BCUT2D eigenvalue weighted by molar-refractivity contribution is -0.118. The fourth-order valence-corrected chi connectivity index (χ4v) is 2.70. The Morgan fingerprint density at radius 3 is 2.45 bits per heavy atom. The average molecular weight is 431 g/mol.